The zero-order valence-corrected chi connectivity index (χ0v) is 16.2. The summed E-state index contributed by atoms with van der Waals surface area (Å²) in [6.07, 6.45) is -1.59. The third kappa shape index (κ3) is 4.15. The van der Waals surface area contributed by atoms with Crippen LogP contribution in [0.2, 0.25) is 0 Å². The normalized spacial score (nSPS) is 12.1. The minimum absolute atomic E-state index is 0.114. The fourth-order valence-electron chi connectivity index (χ4n) is 2.16. The van der Waals surface area contributed by atoms with Gasteiger partial charge in [-0.15, -0.1) is 21.5 Å². The molecule has 0 unspecified atom stereocenters. The van der Waals surface area contributed by atoms with Crippen molar-refractivity contribution in [2.24, 2.45) is 0 Å². The Labute approximate surface area is 162 Å². The van der Waals surface area contributed by atoms with Crippen LogP contribution in [0.4, 0.5) is 18.9 Å². The minimum atomic E-state index is -3.95. The van der Waals surface area contributed by atoms with Crippen LogP contribution < -0.4 is 4.31 Å². The van der Waals surface area contributed by atoms with Gasteiger partial charge in [0.15, 0.2) is 0 Å². The van der Waals surface area contributed by atoms with Gasteiger partial charge in [0.1, 0.15) is 15.7 Å². The quantitative estimate of drug-likeness (QED) is 0.569. The van der Waals surface area contributed by atoms with Crippen LogP contribution in [0.15, 0.2) is 34.9 Å². The molecule has 150 valence electrons. The van der Waals surface area contributed by atoms with Crippen LogP contribution in [0.5, 0.6) is 0 Å². The molecule has 13 heteroatoms. The van der Waals surface area contributed by atoms with Crippen LogP contribution >= 0.6 is 11.3 Å². The second-order valence-electron chi connectivity index (χ2n) is 5.64. The molecular formula is C15H14F3N5O3S2. The van der Waals surface area contributed by atoms with Crippen molar-refractivity contribution in [1.29, 1.82) is 0 Å². The molecule has 0 saturated heterocycles. The number of benzene rings is 1. The van der Waals surface area contributed by atoms with Gasteiger partial charge >= 0.3 is 16.6 Å². The Morgan fingerprint density at radius 2 is 2.00 bits per heavy atom. The number of nitrogens with zero attached hydrogens (tertiary/aromatic N) is 5. The molecule has 0 N–H and O–H groups in total. The van der Waals surface area contributed by atoms with E-state index in [1.807, 2.05) is 0 Å². The highest BCUT2D eigenvalue weighted by Crippen LogP contribution is 2.30. The molecule has 1 aromatic carbocycles. The van der Waals surface area contributed by atoms with E-state index >= 15 is 0 Å². The third-order valence-corrected chi connectivity index (χ3v) is 6.30. The van der Waals surface area contributed by atoms with Crippen LogP contribution in [0.1, 0.15) is 17.3 Å². The van der Waals surface area contributed by atoms with Gasteiger partial charge < -0.3 is 4.42 Å². The van der Waals surface area contributed by atoms with Crippen molar-refractivity contribution in [2.75, 3.05) is 18.4 Å². The molecule has 0 atom stereocenters. The van der Waals surface area contributed by atoms with E-state index in [0.717, 1.165) is 26.0 Å². The van der Waals surface area contributed by atoms with E-state index in [9.17, 15) is 21.6 Å². The number of halogens is 3. The molecule has 0 amide bonds. The minimum Gasteiger partial charge on any atom is -0.414 e. The zero-order chi connectivity index (χ0) is 20.5. The second-order valence-corrected chi connectivity index (χ2v) is 8.82. The van der Waals surface area contributed by atoms with Gasteiger partial charge in [-0.2, -0.15) is 21.5 Å². The van der Waals surface area contributed by atoms with Gasteiger partial charge in [-0.25, -0.2) is 9.37 Å². The van der Waals surface area contributed by atoms with E-state index in [0.29, 0.717) is 9.88 Å². The maximum absolute atomic E-state index is 13.6. The molecule has 28 heavy (non-hydrogen) atoms. The number of hydrogen-bond acceptors (Lipinski definition) is 7. The molecular weight excluding hydrogens is 419 g/mol. The van der Waals surface area contributed by atoms with Gasteiger partial charge in [0.25, 0.3) is 11.8 Å². The summed E-state index contributed by atoms with van der Waals surface area (Å²) in [6, 6.07) is 5.12. The smallest absolute Gasteiger partial charge is 0.314 e. The lowest BCUT2D eigenvalue weighted by Gasteiger charge is -2.26. The zero-order valence-electron chi connectivity index (χ0n) is 14.6. The van der Waals surface area contributed by atoms with Crippen molar-refractivity contribution in [1.82, 2.24) is 19.5 Å². The average molecular weight is 433 g/mol. The Hall–Kier alpha value is -2.51. The first-order chi connectivity index (χ1) is 13.2. The summed E-state index contributed by atoms with van der Waals surface area (Å²) in [6.45, 7) is -0.204. The molecule has 0 fully saturated rings. The summed E-state index contributed by atoms with van der Waals surface area (Å²) in [5, 5.41) is 7.09. The van der Waals surface area contributed by atoms with Gasteiger partial charge in [-0.05, 0) is 18.2 Å². The fraction of sp³-hybridized carbons (Fsp3) is 0.267. The van der Waals surface area contributed by atoms with E-state index in [1.165, 1.54) is 38.5 Å². The maximum Gasteiger partial charge on any atom is 0.314 e. The number of hydrogen-bond donors (Lipinski definition) is 0. The molecule has 0 saturated carbocycles. The number of alkyl halides is 2. The van der Waals surface area contributed by atoms with Crippen molar-refractivity contribution in [2.45, 2.75) is 13.0 Å². The first-order valence-corrected chi connectivity index (χ1v) is 9.92. The van der Waals surface area contributed by atoms with E-state index in [2.05, 4.69) is 15.2 Å². The first-order valence-electron chi connectivity index (χ1n) is 7.71. The first kappa shape index (κ1) is 20.2. The lowest BCUT2D eigenvalue weighted by molar-refractivity contribution is 0.116. The molecule has 2 aromatic heterocycles. The molecule has 0 bridgehead atoms. The molecule has 3 rings (SSSR count). The molecule has 0 spiro atoms. The highest BCUT2D eigenvalue weighted by Gasteiger charge is 2.27. The Balaban J connectivity index is 1.92. The van der Waals surface area contributed by atoms with Crippen LogP contribution in [0.3, 0.4) is 0 Å². The SMILES string of the molecule is CN(C)S(=O)(=O)N(Cc1ncc(-c2nnc(C(F)F)o2)s1)c1cccc(F)c1. The van der Waals surface area contributed by atoms with E-state index < -0.39 is 28.3 Å². The summed E-state index contributed by atoms with van der Waals surface area (Å²) in [7, 11) is -1.26. The van der Waals surface area contributed by atoms with Gasteiger partial charge in [-0.1, -0.05) is 6.07 Å². The number of anilines is 1. The molecule has 0 radical (unpaired) electrons. The topological polar surface area (TPSA) is 92.4 Å². The summed E-state index contributed by atoms with van der Waals surface area (Å²) < 4.78 is 71.0. The Morgan fingerprint density at radius 3 is 2.61 bits per heavy atom. The van der Waals surface area contributed by atoms with Gasteiger partial charge in [0.2, 0.25) is 0 Å². The van der Waals surface area contributed by atoms with Crippen LogP contribution in [0, 0.1) is 5.82 Å². The van der Waals surface area contributed by atoms with Crippen molar-refractivity contribution in [3.8, 4) is 10.8 Å². The van der Waals surface area contributed by atoms with E-state index in [-0.39, 0.29) is 18.1 Å². The van der Waals surface area contributed by atoms with Crippen molar-refractivity contribution >= 4 is 27.2 Å². The summed E-state index contributed by atoms with van der Waals surface area (Å²) in [5.74, 6) is -1.56. The molecule has 0 aliphatic rings. The molecule has 0 aliphatic heterocycles. The fourth-order valence-corrected chi connectivity index (χ4v) is 4.13. The van der Waals surface area contributed by atoms with E-state index in [1.54, 1.807) is 0 Å². The van der Waals surface area contributed by atoms with Crippen LogP contribution in [0.25, 0.3) is 10.8 Å². The lowest BCUT2D eigenvalue weighted by atomic mass is 10.3. The summed E-state index contributed by atoms with van der Waals surface area (Å²) in [4.78, 5) is 4.39. The summed E-state index contributed by atoms with van der Waals surface area (Å²) >= 11 is 0.995. The second kappa shape index (κ2) is 7.85. The van der Waals surface area contributed by atoms with Gasteiger partial charge in [-0.3, -0.25) is 4.31 Å². The van der Waals surface area contributed by atoms with Crippen molar-refractivity contribution in [3.63, 3.8) is 0 Å². The number of aromatic nitrogens is 3. The number of rotatable bonds is 7. The Kier molecular flexibility index (Phi) is 5.67. The van der Waals surface area contributed by atoms with E-state index in [4.69, 9.17) is 4.42 Å². The van der Waals surface area contributed by atoms with Gasteiger partial charge in [0, 0.05) is 14.1 Å². The maximum atomic E-state index is 13.6. The standard InChI is InChI=1S/C15H14F3N5O3S2/c1-22(2)28(24,25)23(10-5-3-4-9(16)6-10)8-12-19-7-11(27-12)14-20-21-15(26-14)13(17)18/h3-7,13H,8H2,1-2H3. The predicted molar refractivity (Wildman–Crippen MR) is 95.6 cm³/mol. The Bertz CT molecular complexity index is 1070. The number of thiazole rings is 1. The average Bonchev–Trinajstić information content (AvgIpc) is 3.28. The van der Waals surface area contributed by atoms with Crippen LogP contribution in [-0.2, 0) is 16.8 Å². The lowest BCUT2D eigenvalue weighted by Crippen LogP contribution is -2.39. The third-order valence-electron chi connectivity index (χ3n) is 3.51. The monoisotopic (exact) mass is 433 g/mol. The van der Waals surface area contributed by atoms with Crippen molar-refractivity contribution in [3.05, 3.63) is 47.2 Å². The van der Waals surface area contributed by atoms with Crippen molar-refractivity contribution < 1.29 is 26.0 Å². The largest absolute Gasteiger partial charge is 0.414 e. The highest BCUT2D eigenvalue weighted by atomic mass is 32.2. The van der Waals surface area contributed by atoms with Crippen LogP contribution in [-0.4, -0.2) is 42.0 Å². The highest BCUT2D eigenvalue weighted by molar-refractivity contribution is 7.90. The predicted octanol–water partition coefficient (Wildman–Crippen LogP) is 3.08. The molecule has 0 aliphatic carbocycles. The molecule has 3 aromatic rings. The molecule has 2 heterocycles. The summed E-state index contributed by atoms with van der Waals surface area (Å²) in [5.41, 5.74) is 0.114. The Morgan fingerprint density at radius 1 is 1.25 bits per heavy atom. The van der Waals surface area contributed by atoms with Gasteiger partial charge in [0.05, 0.1) is 18.4 Å². The molecule has 8 nitrogen and oxygen atoms in total.